The molecule has 0 saturated carbocycles. The fourth-order valence-corrected chi connectivity index (χ4v) is 8.20. The lowest BCUT2D eigenvalue weighted by Crippen LogP contribution is -2.02. The Labute approximate surface area is 265 Å². The average Bonchev–Trinajstić information content (AvgIpc) is 3.57. The third-order valence-electron chi connectivity index (χ3n) is 8.61. The first-order valence-electron chi connectivity index (χ1n) is 15.0. The van der Waals surface area contributed by atoms with Gasteiger partial charge in [0.25, 0.3) is 0 Å². The maximum atomic E-state index is 13.5. The van der Waals surface area contributed by atoms with Gasteiger partial charge in [-0.25, -0.2) is 23.4 Å². The van der Waals surface area contributed by atoms with E-state index in [-0.39, 0.29) is 4.90 Å². The van der Waals surface area contributed by atoms with Gasteiger partial charge in [-0.15, -0.1) is 0 Å². The first-order valence-corrected chi connectivity index (χ1v) is 16.4. The van der Waals surface area contributed by atoms with Crippen LogP contribution in [0.3, 0.4) is 0 Å². The van der Waals surface area contributed by atoms with Crippen LogP contribution in [0.4, 0.5) is 0 Å². The number of rotatable bonds is 4. The van der Waals surface area contributed by atoms with Gasteiger partial charge in [0.15, 0.2) is 17.5 Å². The molecular formula is C39H24N4O2S. The van der Waals surface area contributed by atoms with E-state index in [4.69, 9.17) is 15.0 Å². The second-order valence-electron chi connectivity index (χ2n) is 11.3. The van der Waals surface area contributed by atoms with Gasteiger partial charge in [-0.05, 0) is 36.4 Å². The number of nitrogens with zero attached hydrogens (tertiary/aromatic N) is 4. The highest BCUT2D eigenvalue weighted by Gasteiger charge is 2.33. The number of hydrogen-bond acceptors (Lipinski definition) is 5. The Bertz CT molecular complexity index is 2560. The molecule has 0 N–H and O–H groups in total. The molecule has 3 heterocycles. The van der Waals surface area contributed by atoms with Crippen LogP contribution in [0.25, 0.3) is 72.8 Å². The monoisotopic (exact) mass is 612 g/mol. The SMILES string of the molecule is O=S1(=O)c2ccccc2-c2ccc(-c3nc(-c4ccccc4)nc(-c4cccc(-n5c6ccccc6c6ccccc65)c4)n3)cc21. The van der Waals surface area contributed by atoms with Crippen molar-refractivity contribution < 1.29 is 8.42 Å². The molecule has 1 aliphatic heterocycles. The van der Waals surface area contributed by atoms with Gasteiger partial charge in [0, 0.05) is 44.3 Å². The summed E-state index contributed by atoms with van der Waals surface area (Å²) in [5.41, 5.74) is 6.88. The van der Waals surface area contributed by atoms with E-state index in [9.17, 15) is 8.42 Å². The van der Waals surface area contributed by atoms with Crippen molar-refractivity contribution in [2.75, 3.05) is 0 Å². The normalized spacial score (nSPS) is 13.1. The lowest BCUT2D eigenvalue weighted by atomic mass is 10.0. The number of hydrogen-bond donors (Lipinski definition) is 0. The molecule has 0 saturated heterocycles. The molecule has 0 aliphatic carbocycles. The predicted molar refractivity (Wildman–Crippen MR) is 181 cm³/mol. The molecule has 2 aromatic heterocycles. The fourth-order valence-electron chi connectivity index (χ4n) is 6.48. The molecular weight excluding hydrogens is 589 g/mol. The molecule has 9 rings (SSSR count). The molecule has 8 aromatic rings. The second-order valence-corrected chi connectivity index (χ2v) is 13.2. The van der Waals surface area contributed by atoms with E-state index in [1.807, 2.05) is 66.7 Å². The first kappa shape index (κ1) is 26.5. The van der Waals surface area contributed by atoms with E-state index >= 15 is 0 Å². The van der Waals surface area contributed by atoms with Gasteiger partial charge in [0.1, 0.15) is 0 Å². The summed E-state index contributed by atoms with van der Waals surface area (Å²) in [4.78, 5) is 15.3. The van der Waals surface area contributed by atoms with Crippen molar-refractivity contribution in [3.63, 3.8) is 0 Å². The van der Waals surface area contributed by atoms with Crippen molar-refractivity contribution in [3.8, 4) is 51.0 Å². The number of aromatic nitrogens is 4. The largest absolute Gasteiger partial charge is 0.309 e. The van der Waals surface area contributed by atoms with Gasteiger partial charge in [-0.3, -0.25) is 0 Å². The Hall–Kier alpha value is -5.92. The van der Waals surface area contributed by atoms with E-state index in [2.05, 4.69) is 65.2 Å². The number of fused-ring (bicyclic) bond motifs is 6. The lowest BCUT2D eigenvalue weighted by Gasteiger charge is -2.12. The molecule has 46 heavy (non-hydrogen) atoms. The van der Waals surface area contributed by atoms with Crippen LogP contribution in [0, 0.1) is 0 Å². The van der Waals surface area contributed by atoms with Gasteiger partial charge in [-0.2, -0.15) is 0 Å². The molecule has 6 nitrogen and oxygen atoms in total. The molecule has 6 aromatic carbocycles. The maximum Gasteiger partial charge on any atom is 0.207 e. The highest BCUT2D eigenvalue weighted by Crippen LogP contribution is 2.44. The van der Waals surface area contributed by atoms with Crippen molar-refractivity contribution in [2.24, 2.45) is 0 Å². The maximum absolute atomic E-state index is 13.5. The average molecular weight is 613 g/mol. The van der Waals surface area contributed by atoms with Crippen LogP contribution in [0.2, 0.25) is 0 Å². The molecule has 1 aliphatic rings. The smallest absolute Gasteiger partial charge is 0.207 e. The minimum atomic E-state index is -3.66. The predicted octanol–water partition coefficient (Wildman–Crippen LogP) is 8.78. The summed E-state index contributed by atoms with van der Waals surface area (Å²) in [6, 6.07) is 47.3. The van der Waals surface area contributed by atoms with Crippen molar-refractivity contribution in [2.45, 2.75) is 9.79 Å². The molecule has 0 radical (unpaired) electrons. The summed E-state index contributed by atoms with van der Waals surface area (Å²) >= 11 is 0. The Morgan fingerprint density at radius 3 is 1.70 bits per heavy atom. The third-order valence-corrected chi connectivity index (χ3v) is 10.5. The van der Waals surface area contributed by atoms with Crippen LogP contribution >= 0.6 is 0 Å². The zero-order chi connectivity index (χ0) is 30.8. The van der Waals surface area contributed by atoms with Gasteiger partial charge in [0.05, 0.1) is 20.8 Å². The van der Waals surface area contributed by atoms with Crippen molar-refractivity contribution in [1.29, 1.82) is 0 Å². The topological polar surface area (TPSA) is 77.7 Å². The van der Waals surface area contributed by atoms with Crippen LogP contribution < -0.4 is 0 Å². The van der Waals surface area contributed by atoms with Gasteiger partial charge in [-0.1, -0.05) is 109 Å². The summed E-state index contributed by atoms with van der Waals surface area (Å²) in [7, 11) is -3.66. The van der Waals surface area contributed by atoms with Gasteiger partial charge >= 0.3 is 0 Å². The second kappa shape index (κ2) is 10.1. The Kier molecular flexibility index (Phi) is 5.79. The standard InChI is InChI=1S/C39H24N4O2S/c44-46(45)35-20-9-6-17-31(35)32-22-21-27(24-36(32)46)39-41-37(25-11-2-1-3-12-25)40-38(42-39)26-13-10-14-28(23-26)43-33-18-7-4-15-29(33)30-16-5-8-19-34(30)43/h1-24H. The van der Waals surface area contributed by atoms with Crippen LogP contribution in [-0.2, 0) is 9.84 Å². The van der Waals surface area contributed by atoms with Crippen LogP contribution in [0.15, 0.2) is 155 Å². The summed E-state index contributed by atoms with van der Waals surface area (Å²) in [6.07, 6.45) is 0. The minimum absolute atomic E-state index is 0.266. The minimum Gasteiger partial charge on any atom is -0.309 e. The molecule has 0 fully saturated rings. The van der Waals surface area contributed by atoms with Crippen LogP contribution in [0.1, 0.15) is 0 Å². The number of sulfone groups is 1. The third kappa shape index (κ3) is 4.02. The van der Waals surface area contributed by atoms with Crippen molar-refractivity contribution >= 4 is 31.6 Å². The van der Waals surface area contributed by atoms with E-state index in [1.165, 1.54) is 10.8 Å². The van der Waals surface area contributed by atoms with Crippen molar-refractivity contribution in [3.05, 3.63) is 146 Å². The van der Waals surface area contributed by atoms with Gasteiger partial charge < -0.3 is 4.57 Å². The summed E-state index contributed by atoms with van der Waals surface area (Å²) in [5.74, 6) is 1.41. The molecule has 0 spiro atoms. The summed E-state index contributed by atoms with van der Waals surface area (Å²) in [6.45, 7) is 0. The zero-order valence-electron chi connectivity index (χ0n) is 24.4. The Balaban J connectivity index is 1.23. The van der Waals surface area contributed by atoms with E-state index in [1.54, 1.807) is 18.2 Å². The van der Waals surface area contributed by atoms with E-state index in [0.717, 1.165) is 27.8 Å². The van der Waals surface area contributed by atoms with Gasteiger partial charge in [0.2, 0.25) is 9.84 Å². The first-order chi connectivity index (χ1) is 22.6. The lowest BCUT2D eigenvalue weighted by molar-refractivity contribution is 0.598. The van der Waals surface area contributed by atoms with Crippen molar-refractivity contribution in [1.82, 2.24) is 19.5 Å². The molecule has 0 amide bonds. The Morgan fingerprint density at radius 1 is 0.435 bits per heavy atom. The highest BCUT2D eigenvalue weighted by atomic mass is 32.2. The summed E-state index contributed by atoms with van der Waals surface area (Å²) in [5, 5.41) is 2.37. The van der Waals surface area contributed by atoms with Crippen LogP contribution in [0.5, 0.6) is 0 Å². The number of benzene rings is 6. The highest BCUT2D eigenvalue weighted by molar-refractivity contribution is 7.92. The molecule has 7 heteroatoms. The van der Waals surface area contributed by atoms with E-state index in [0.29, 0.717) is 39.1 Å². The molecule has 0 atom stereocenters. The van der Waals surface area contributed by atoms with E-state index < -0.39 is 9.84 Å². The molecule has 218 valence electrons. The van der Waals surface area contributed by atoms with Crippen LogP contribution in [-0.4, -0.2) is 27.9 Å². The zero-order valence-corrected chi connectivity index (χ0v) is 25.2. The Morgan fingerprint density at radius 2 is 0.978 bits per heavy atom. The number of para-hydroxylation sites is 2. The molecule has 0 bridgehead atoms. The molecule has 0 unspecified atom stereocenters. The quantitative estimate of drug-likeness (QED) is 0.199. The fraction of sp³-hybridized carbons (Fsp3) is 0. The summed E-state index contributed by atoms with van der Waals surface area (Å²) < 4.78 is 29.3.